The summed E-state index contributed by atoms with van der Waals surface area (Å²) in [7, 11) is 1.65. The van der Waals surface area contributed by atoms with E-state index in [4.69, 9.17) is 10.5 Å². The Morgan fingerprint density at radius 3 is 2.79 bits per heavy atom. The Labute approximate surface area is 115 Å². The van der Waals surface area contributed by atoms with Crippen LogP contribution >= 0.6 is 11.3 Å². The Morgan fingerprint density at radius 2 is 2.16 bits per heavy atom. The van der Waals surface area contributed by atoms with Gasteiger partial charge in [0, 0.05) is 17.3 Å². The van der Waals surface area contributed by atoms with Crippen LogP contribution in [0.25, 0.3) is 0 Å². The van der Waals surface area contributed by atoms with Crippen LogP contribution in [0.3, 0.4) is 0 Å². The number of methoxy groups -OCH3 is 1. The van der Waals surface area contributed by atoms with Crippen molar-refractivity contribution >= 4 is 23.0 Å². The highest BCUT2D eigenvalue weighted by molar-refractivity contribution is 7.09. The summed E-state index contributed by atoms with van der Waals surface area (Å²) in [6.07, 6.45) is 1.81. The number of ether oxygens (including phenoxy) is 1. The van der Waals surface area contributed by atoms with Gasteiger partial charge in [0.05, 0.1) is 13.7 Å². The summed E-state index contributed by atoms with van der Waals surface area (Å²) >= 11 is 1.62. The Bertz CT molecular complexity index is 579. The second kappa shape index (κ2) is 4.89. The molecule has 1 unspecified atom stereocenters. The van der Waals surface area contributed by atoms with Crippen molar-refractivity contribution in [3.63, 3.8) is 0 Å². The van der Waals surface area contributed by atoms with Crippen LogP contribution in [0.15, 0.2) is 40.8 Å². The molecule has 2 N–H and O–H groups in total. The zero-order valence-electron chi connectivity index (χ0n) is 10.5. The Hall–Kier alpha value is -2.08. The van der Waals surface area contributed by atoms with Crippen LogP contribution < -0.4 is 15.4 Å². The minimum atomic E-state index is 0.0911. The zero-order valence-corrected chi connectivity index (χ0v) is 11.3. The van der Waals surface area contributed by atoms with Crippen LogP contribution in [-0.2, 0) is 0 Å². The number of aliphatic imine (C=N–C) groups is 1. The third-order valence-electron chi connectivity index (χ3n) is 3.07. The molecule has 0 bridgehead atoms. The van der Waals surface area contributed by atoms with Gasteiger partial charge in [0.25, 0.3) is 0 Å². The number of aromatic nitrogens is 1. The van der Waals surface area contributed by atoms with E-state index in [1.807, 2.05) is 34.5 Å². The standard InChI is InChI=1S/C13H14N4OS/c1-18-10-4-2-9(3-5-10)17-11(8-16-13(17)14)12-15-6-7-19-12/h2-7,11H,8H2,1H3,(H2,14,16). The molecule has 1 aromatic heterocycles. The molecule has 2 aromatic rings. The van der Waals surface area contributed by atoms with Gasteiger partial charge in [-0.05, 0) is 24.3 Å². The molecule has 0 spiro atoms. The molecule has 0 saturated heterocycles. The topological polar surface area (TPSA) is 63.7 Å². The third kappa shape index (κ3) is 2.15. The van der Waals surface area contributed by atoms with Gasteiger partial charge in [-0.3, -0.25) is 4.99 Å². The van der Waals surface area contributed by atoms with Gasteiger partial charge in [-0.25, -0.2) is 4.98 Å². The van der Waals surface area contributed by atoms with Crippen LogP contribution in [0.5, 0.6) is 5.75 Å². The fourth-order valence-corrected chi connectivity index (χ4v) is 2.86. The van der Waals surface area contributed by atoms with E-state index in [1.54, 1.807) is 24.6 Å². The van der Waals surface area contributed by atoms with Crippen molar-refractivity contribution in [3.05, 3.63) is 40.8 Å². The molecule has 98 valence electrons. The lowest BCUT2D eigenvalue weighted by molar-refractivity contribution is 0.415. The summed E-state index contributed by atoms with van der Waals surface area (Å²) < 4.78 is 5.17. The molecule has 3 rings (SSSR count). The van der Waals surface area contributed by atoms with E-state index in [0.717, 1.165) is 16.4 Å². The minimum absolute atomic E-state index is 0.0911. The van der Waals surface area contributed by atoms with Gasteiger partial charge in [-0.1, -0.05) is 0 Å². The SMILES string of the molecule is COc1ccc(N2C(N)=NCC2c2nccs2)cc1. The lowest BCUT2D eigenvalue weighted by Gasteiger charge is -2.24. The summed E-state index contributed by atoms with van der Waals surface area (Å²) in [4.78, 5) is 10.7. The first-order valence-electron chi connectivity index (χ1n) is 5.92. The summed E-state index contributed by atoms with van der Waals surface area (Å²) in [6, 6.07) is 7.88. The third-order valence-corrected chi connectivity index (χ3v) is 3.95. The Morgan fingerprint density at radius 1 is 1.37 bits per heavy atom. The molecule has 1 aromatic carbocycles. The van der Waals surface area contributed by atoms with Gasteiger partial charge in [0.15, 0.2) is 5.96 Å². The number of guanidine groups is 1. The van der Waals surface area contributed by atoms with Gasteiger partial charge in [-0.2, -0.15) is 0 Å². The highest BCUT2D eigenvalue weighted by Gasteiger charge is 2.30. The quantitative estimate of drug-likeness (QED) is 0.930. The van der Waals surface area contributed by atoms with Crippen molar-refractivity contribution in [1.82, 2.24) is 4.98 Å². The average molecular weight is 274 g/mol. The van der Waals surface area contributed by atoms with Crippen LogP contribution in [0.1, 0.15) is 11.0 Å². The smallest absolute Gasteiger partial charge is 0.196 e. The highest BCUT2D eigenvalue weighted by atomic mass is 32.1. The first kappa shape index (κ1) is 12.0. The summed E-state index contributed by atoms with van der Waals surface area (Å²) in [5, 5.41) is 3.00. The largest absolute Gasteiger partial charge is 0.497 e. The van der Waals surface area contributed by atoms with Crippen LogP contribution in [0.2, 0.25) is 0 Å². The molecule has 0 aliphatic carbocycles. The normalized spacial score (nSPS) is 18.5. The zero-order chi connectivity index (χ0) is 13.2. The van der Waals surface area contributed by atoms with Crippen molar-refractivity contribution in [2.75, 3.05) is 18.6 Å². The van der Waals surface area contributed by atoms with E-state index in [9.17, 15) is 0 Å². The fourth-order valence-electron chi connectivity index (χ4n) is 2.14. The molecule has 1 aliphatic heterocycles. The highest BCUT2D eigenvalue weighted by Crippen LogP contribution is 2.32. The number of benzene rings is 1. The lowest BCUT2D eigenvalue weighted by Crippen LogP contribution is -2.36. The lowest BCUT2D eigenvalue weighted by atomic mass is 10.2. The molecule has 1 atom stereocenters. The average Bonchev–Trinajstić information content (AvgIpc) is 3.08. The maximum Gasteiger partial charge on any atom is 0.196 e. The Balaban J connectivity index is 1.93. The van der Waals surface area contributed by atoms with Crippen LogP contribution in [0.4, 0.5) is 5.69 Å². The second-order valence-corrected chi connectivity index (χ2v) is 5.08. The molecular formula is C13H14N4OS. The van der Waals surface area contributed by atoms with Crippen molar-refractivity contribution in [2.24, 2.45) is 10.7 Å². The molecule has 6 heteroatoms. The molecule has 0 saturated carbocycles. The molecule has 19 heavy (non-hydrogen) atoms. The molecule has 0 radical (unpaired) electrons. The second-order valence-electron chi connectivity index (χ2n) is 4.15. The number of nitrogens with zero attached hydrogens (tertiary/aromatic N) is 3. The molecule has 1 aliphatic rings. The number of thiazole rings is 1. The van der Waals surface area contributed by atoms with E-state index in [1.165, 1.54) is 0 Å². The number of rotatable bonds is 3. The predicted octanol–water partition coefficient (Wildman–Crippen LogP) is 2.03. The minimum Gasteiger partial charge on any atom is -0.497 e. The van der Waals surface area contributed by atoms with Crippen molar-refractivity contribution in [2.45, 2.75) is 6.04 Å². The number of hydrogen-bond donors (Lipinski definition) is 1. The fraction of sp³-hybridized carbons (Fsp3) is 0.231. The molecule has 0 fully saturated rings. The van der Waals surface area contributed by atoms with Gasteiger partial charge in [0.1, 0.15) is 16.8 Å². The van der Waals surface area contributed by atoms with E-state index in [-0.39, 0.29) is 6.04 Å². The Kier molecular flexibility index (Phi) is 3.08. The van der Waals surface area contributed by atoms with Crippen molar-refractivity contribution < 1.29 is 4.74 Å². The first-order chi connectivity index (χ1) is 9.29. The number of hydrogen-bond acceptors (Lipinski definition) is 6. The monoisotopic (exact) mass is 274 g/mol. The van der Waals surface area contributed by atoms with Crippen LogP contribution in [-0.4, -0.2) is 24.6 Å². The van der Waals surface area contributed by atoms with Gasteiger partial charge >= 0.3 is 0 Å². The predicted molar refractivity (Wildman–Crippen MR) is 76.8 cm³/mol. The molecule has 2 heterocycles. The number of anilines is 1. The van der Waals surface area contributed by atoms with Crippen molar-refractivity contribution in [1.29, 1.82) is 0 Å². The van der Waals surface area contributed by atoms with Crippen molar-refractivity contribution in [3.8, 4) is 5.75 Å². The maximum absolute atomic E-state index is 6.00. The van der Waals surface area contributed by atoms with E-state index in [0.29, 0.717) is 12.5 Å². The van der Waals surface area contributed by atoms with E-state index < -0.39 is 0 Å². The molecular weight excluding hydrogens is 260 g/mol. The molecule has 0 amide bonds. The first-order valence-corrected chi connectivity index (χ1v) is 6.80. The number of nitrogens with two attached hydrogens (primary N) is 1. The van der Waals surface area contributed by atoms with Crippen LogP contribution in [0, 0.1) is 0 Å². The van der Waals surface area contributed by atoms with Gasteiger partial charge in [0.2, 0.25) is 0 Å². The van der Waals surface area contributed by atoms with Gasteiger partial charge < -0.3 is 15.4 Å². The summed E-state index contributed by atoms with van der Waals surface area (Å²) in [5.41, 5.74) is 7.00. The van der Waals surface area contributed by atoms with Gasteiger partial charge in [-0.15, -0.1) is 11.3 Å². The van der Waals surface area contributed by atoms with E-state index in [2.05, 4.69) is 9.98 Å². The molecule has 5 nitrogen and oxygen atoms in total. The summed E-state index contributed by atoms with van der Waals surface area (Å²) in [6.45, 7) is 0.644. The van der Waals surface area contributed by atoms with E-state index >= 15 is 0 Å². The summed E-state index contributed by atoms with van der Waals surface area (Å²) in [5.74, 6) is 1.36. The maximum atomic E-state index is 6.00.